The topological polar surface area (TPSA) is 62.2 Å². The van der Waals surface area contributed by atoms with E-state index in [9.17, 15) is 18.0 Å². The molecule has 2 aromatic heterocycles. The lowest BCUT2D eigenvalue weighted by atomic mass is 10.0. The van der Waals surface area contributed by atoms with Crippen LogP contribution in [0.15, 0.2) is 42.6 Å². The average Bonchev–Trinajstić information content (AvgIpc) is 3.20. The van der Waals surface area contributed by atoms with Gasteiger partial charge in [0.2, 0.25) is 0 Å². The number of hydrogen-bond donors (Lipinski definition) is 0. The van der Waals surface area contributed by atoms with Crippen molar-refractivity contribution in [2.75, 3.05) is 29.9 Å². The lowest BCUT2D eigenvalue weighted by Crippen LogP contribution is -2.31. The summed E-state index contributed by atoms with van der Waals surface area (Å²) < 4.78 is 42.5. The number of carbonyl (C=O) groups excluding carboxylic acids is 1. The van der Waals surface area contributed by atoms with Crippen LogP contribution in [-0.2, 0) is 0 Å². The number of nitrogens with zero attached hydrogens (tertiary/aromatic N) is 5. The van der Waals surface area contributed by atoms with E-state index < -0.39 is 23.7 Å². The molecule has 4 rings (SSSR count). The number of amides is 1. The molecule has 3 aromatic rings. The van der Waals surface area contributed by atoms with E-state index in [1.807, 2.05) is 0 Å². The fourth-order valence-electron chi connectivity index (χ4n) is 3.54. The van der Waals surface area contributed by atoms with Crippen molar-refractivity contribution in [2.24, 2.45) is 0 Å². The Labute approximate surface area is 181 Å². The molecule has 1 fully saturated rings. The van der Waals surface area contributed by atoms with E-state index >= 15 is 0 Å². The molecule has 160 valence electrons. The van der Waals surface area contributed by atoms with E-state index in [2.05, 4.69) is 15.2 Å². The van der Waals surface area contributed by atoms with Gasteiger partial charge in [-0.2, -0.15) is 0 Å². The van der Waals surface area contributed by atoms with E-state index in [1.54, 1.807) is 4.90 Å². The smallest absolute Gasteiger partial charge is 0.278 e. The maximum atomic E-state index is 14.6. The van der Waals surface area contributed by atoms with Crippen molar-refractivity contribution < 1.29 is 18.0 Å². The largest absolute Gasteiger partial charge is 0.352 e. The molecule has 1 aliphatic rings. The fourth-order valence-corrected chi connectivity index (χ4v) is 3.64. The van der Waals surface area contributed by atoms with Crippen molar-refractivity contribution in [1.29, 1.82) is 0 Å². The average molecular weight is 448 g/mol. The van der Waals surface area contributed by atoms with Crippen molar-refractivity contribution in [3.05, 3.63) is 65.1 Å². The van der Waals surface area contributed by atoms with Crippen LogP contribution in [0.5, 0.6) is 0 Å². The zero-order valence-corrected chi connectivity index (χ0v) is 17.2. The van der Waals surface area contributed by atoms with Gasteiger partial charge in [-0.25, -0.2) is 18.2 Å². The van der Waals surface area contributed by atoms with Crippen LogP contribution in [-0.4, -0.2) is 47.4 Å². The molecule has 0 radical (unpaired) electrons. The van der Waals surface area contributed by atoms with Gasteiger partial charge in [0.15, 0.2) is 16.7 Å². The lowest BCUT2D eigenvalue weighted by molar-refractivity contribution is 0.0987. The fraction of sp³-hybridized carbons (Fsp3) is 0.238. The van der Waals surface area contributed by atoms with Crippen molar-refractivity contribution >= 4 is 29.0 Å². The highest BCUT2D eigenvalue weighted by Gasteiger charge is 2.30. The van der Waals surface area contributed by atoms with Crippen LogP contribution in [0.4, 0.5) is 24.7 Å². The molecule has 1 saturated heterocycles. The van der Waals surface area contributed by atoms with Gasteiger partial charge in [-0.05, 0) is 42.8 Å². The number of hydrogen-bond acceptors (Lipinski definition) is 5. The van der Waals surface area contributed by atoms with E-state index in [-0.39, 0.29) is 34.2 Å². The molecule has 0 aliphatic carbocycles. The molecule has 31 heavy (non-hydrogen) atoms. The number of pyridine rings is 1. The number of aromatic nitrogens is 3. The van der Waals surface area contributed by atoms with Crippen molar-refractivity contribution in [2.45, 2.75) is 12.6 Å². The minimum atomic E-state index is -1.05. The summed E-state index contributed by atoms with van der Waals surface area (Å²) in [5.74, 6) is -1.58. The molecule has 0 N–H and O–H groups in total. The predicted molar refractivity (Wildman–Crippen MR) is 111 cm³/mol. The highest BCUT2D eigenvalue weighted by molar-refractivity contribution is 6.29. The van der Waals surface area contributed by atoms with E-state index in [0.717, 1.165) is 18.2 Å². The van der Waals surface area contributed by atoms with Gasteiger partial charge in [0.05, 0.1) is 12.2 Å². The van der Waals surface area contributed by atoms with E-state index in [1.165, 1.54) is 36.3 Å². The molecule has 1 aliphatic heterocycles. The predicted octanol–water partition coefficient (Wildman–Crippen LogP) is 4.30. The number of carbonyl (C=O) groups is 1. The summed E-state index contributed by atoms with van der Waals surface area (Å²) in [4.78, 5) is 20.4. The first-order valence-electron chi connectivity index (χ1n) is 9.46. The van der Waals surface area contributed by atoms with Crippen LogP contribution in [0.3, 0.4) is 0 Å². The Bertz CT molecular complexity index is 1130. The highest BCUT2D eigenvalue weighted by Crippen LogP contribution is 2.40. The monoisotopic (exact) mass is 447 g/mol. The third-order valence-electron chi connectivity index (χ3n) is 5.04. The minimum Gasteiger partial charge on any atom is -0.352 e. The quantitative estimate of drug-likeness (QED) is 0.597. The van der Waals surface area contributed by atoms with Gasteiger partial charge in [0.1, 0.15) is 17.8 Å². The Balaban J connectivity index is 1.87. The van der Waals surface area contributed by atoms with Gasteiger partial charge in [0, 0.05) is 30.9 Å². The van der Waals surface area contributed by atoms with Crippen LogP contribution in [0.25, 0.3) is 11.1 Å². The van der Waals surface area contributed by atoms with Gasteiger partial charge in [-0.15, -0.1) is 10.2 Å². The van der Waals surface area contributed by atoms with Crippen LogP contribution >= 0.6 is 11.6 Å². The molecule has 1 amide bonds. The standard InChI is InChI=1S/C21H17ClF3N5O/c1-29(21(31)17-4-5-18(22)28-27-17)19-14(15-10-12(23)2-3-16(15)25)6-8-26-20(19)30-9-7-13(24)11-30/h2-6,8,10,13H,7,9,11H2,1H3/t13-/m0/s1. The SMILES string of the molecule is CN(C(=O)c1ccc(Cl)nn1)c1c(-c2cc(F)ccc2F)ccnc1N1CC[C@H](F)C1. The number of benzene rings is 1. The molecule has 0 unspecified atom stereocenters. The minimum absolute atomic E-state index is 0.00263. The third-order valence-corrected chi connectivity index (χ3v) is 5.25. The number of anilines is 2. The van der Waals surface area contributed by atoms with Gasteiger partial charge in [0.25, 0.3) is 5.91 Å². The molecule has 3 heterocycles. The zero-order valence-electron chi connectivity index (χ0n) is 16.4. The molecular formula is C21H17ClF3N5O. The number of halogens is 4. The third kappa shape index (κ3) is 4.18. The van der Waals surface area contributed by atoms with Crippen molar-refractivity contribution in [1.82, 2.24) is 15.2 Å². The van der Waals surface area contributed by atoms with Crippen LogP contribution in [0.2, 0.25) is 5.15 Å². The second-order valence-corrected chi connectivity index (χ2v) is 7.48. The van der Waals surface area contributed by atoms with Crippen molar-refractivity contribution in [3.63, 3.8) is 0 Å². The Hall–Kier alpha value is -3.20. The Morgan fingerprint density at radius 2 is 1.97 bits per heavy atom. The van der Waals surface area contributed by atoms with Crippen LogP contribution < -0.4 is 9.80 Å². The van der Waals surface area contributed by atoms with Crippen LogP contribution in [0, 0.1) is 11.6 Å². The first-order valence-corrected chi connectivity index (χ1v) is 9.83. The number of alkyl halides is 1. The molecule has 0 spiro atoms. The molecule has 1 aromatic carbocycles. The Kier molecular flexibility index (Phi) is 5.77. The van der Waals surface area contributed by atoms with Gasteiger partial charge in [-0.3, -0.25) is 4.79 Å². The summed E-state index contributed by atoms with van der Waals surface area (Å²) in [6.45, 7) is 0.455. The molecule has 6 nitrogen and oxygen atoms in total. The summed E-state index contributed by atoms with van der Waals surface area (Å²) in [6, 6.07) is 7.36. The highest BCUT2D eigenvalue weighted by atomic mass is 35.5. The summed E-state index contributed by atoms with van der Waals surface area (Å²) in [7, 11) is 1.46. The first kappa shape index (κ1) is 21.0. The normalized spacial score (nSPS) is 15.9. The van der Waals surface area contributed by atoms with Crippen LogP contribution in [0.1, 0.15) is 16.9 Å². The second kappa shape index (κ2) is 8.50. The van der Waals surface area contributed by atoms with E-state index in [4.69, 9.17) is 11.6 Å². The first-order chi connectivity index (χ1) is 14.8. The van der Waals surface area contributed by atoms with Gasteiger partial charge < -0.3 is 9.80 Å². The maximum absolute atomic E-state index is 14.6. The second-order valence-electron chi connectivity index (χ2n) is 7.09. The zero-order chi connectivity index (χ0) is 22.1. The maximum Gasteiger partial charge on any atom is 0.278 e. The summed E-state index contributed by atoms with van der Waals surface area (Å²) in [6.07, 6.45) is 0.678. The van der Waals surface area contributed by atoms with E-state index in [0.29, 0.717) is 18.8 Å². The van der Waals surface area contributed by atoms with Crippen molar-refractivity contribution in [3.8, 4) is 11.1 Å². The molecule has 10 heteroatoms. The Morgan fingerprint density at radius 3 is 2.65 bits per heavy atom. The lowest BCUT2D eigenvalue weighted by Gasteiger charge is -2.27. The van der Waals surface area contributed by atoms with Gasteiger partial charge in [-0.1, -0.05) is 11.6 Å². The summed E-state index contributed by atoms with van der Waals surface area (Å²) >= 11 is 5.75. The number of rotatable bonds is 4. The summed E-state index contributed by atoms with van der Waals surface area (Å²) in [5, 5.41) is 7.59. The Morgan fingerprint density at radius 1 is 1.16 bits per heavy atom. The summed E-state index contributed by atoms with van der Waals surface area (Å²) in [5.41, 5.74) is 0.401. The molecule has 0 saturated carbocycles. The molecular weight excluding hydrogens is 431 g/mol. The molecule has 1 atom stereocenters. The van der Waals surface area contributed by atoms with Gasteiger partial charge >= 0.3 is 0 Å². The molecule has 0 bridgehead atoms.